The van der Waals surface area contributed by atoms with Gasteiger partial charge in [-0.05, 0) is 30.7 Å². The molecule has 104 valence electrons. The van der Waals surface area contributed by atoms with Crippen LogP contribution < -0.4 is 11.3 Å². The van der Waals surface area contributed by atoms with Crippen LogP contribution in [0.5, 0.6) is 0 Å². The number of halogens is 1. The Morgan fingerprint density at radius 2 is 2.21 bits per heavy atom. The van der Waals surface area contributed by atoms with Crippen LogP contribution in [0.3, 0.4) is 0 Å². The zero-order valence-electron chi connectivity index (χ0n) is 11.2. The zero-order valence-corrected chi connectivity index (χ0v) is 11.9. The van der Waals surface area contributed by atoms with Crippen LogP contribution in [0.25, 0.3) is 11.0 Å². The van der Waals surface area contributed by atoms with E-state index in [9.17, 15) is 0 Å². The maximum absolute atomic E-state index is 5.97. The van der Waals surface area contributed by atoms with Gasteiger partial charge in [0.2, 0.25) is 0 Å². The normalized spacial score (nSPS) is 14.7. The average Bonchev–Trinajstić information content (AvgIpc) is 2.81. The van der Waals surface area contributed by atoms with E-state index in [0.717, 1.165) is 29.6 Å². The molecule has 2 aromatic rings. The first-order valence-electron chi connectivity index (χ1n) is 6.37. The van der Waals surface area contributed by atoms with Crippen LogP contribution in [-0.4, -0.2) is 13.2 Å². The van der Waals surface area contributed by atoms with E-state index in [1.54, 1.807) is 7.11 Å². The lowest BCUT2D eigenvalue weighted by Crippen LogP contribution is -2.37. The van der Waals surface area contributed by atoms with Gasteiger partial charge in [0.25, 0.3) is 0 Å². The molecule has 0 bridgehead atoms. The summed E-state index contributed by atoms with van der Waals surface area (Å²) in [6, 6.07) is 7.32. The van der Waals surface area contributed by atoms with Gasteiger partial charge in [-0.3, -0.25) is 5.84 Å². The van der Waals surface area contributed by atoms with E-state index in [1.807, 2.05) is 24.3 Å². The molecule has 0 amide bonds. The van der Waals surface area contributed by atoms with E-state index in [4.69, 9.17) is 26.6 Å². The monoisotopic (exact) mass is 282 g/mol. The molecule has 0 spiro atoms. The summed E-state index contributed by atoms with van der Waals surface area (Å²) < 4.78 is 11.3. The van der Waals surface area contributed by atoms with Crippen LogP contribution in [0.15, 0.2) is 28.7 Å². The summed E-state index contributed by atoms with van der Waals surface area (Å²) in [6.45, 7) is 2.11. The number of hydrogen-bond donors (Lipinski definition) is 2. The minimum absolute atomic E-state index is 0.0222. The first-order valence-corrected chi connectivity index (χ1v) is 6.75. The van der Waals surface area contributed by atoms with Gasteiger partial charge < -0.3 is 9.15 Å². The van der Waals surface area contributed by atoms with Crippen molar-refractivity contribution in [1.82, 2.24) is 5.43 Å². The predicted octanol–water partition coefficient (Wildman–Crippen LogP) is 3.41. The van der Waals surface area contributed by atoms with Gasteiger partial charge in [0.1, 0.15) is 17.4 Å². The Morgan fingerprint density at radius 3 is 2.84 bits per heavy atom. The molecule has 0 fully saturated rings. The first kappa shape index (κ1) is 14.3. The minimum atomic E-state index is -0.170. The molecule has 1 aromatic heterocycles. The number of nitrogens with two attached hydrogens (primary N) is 1. The van der Waals surface area contributed by atoms with Crippen LogP contribution in [-0.2, 0) is 4.74 Å². The number of furan rings is 1. The van der Waals surface area contributed by atoms with Gasteiger partial charge in [-0.1, -0.05) is 24.9 Å². The summed E-state index contributed by atoms with van der Waals surface area (Å²) in [7, 11) is 1.68. The van der Waals surface area contributed by atoms with E-state index in [-0.39, 0.29) is 12.1 Å². The quantitative estimate of drug-likeness (QED) is 0.630. The van der Waals surface area contributed by atoms with E-state index in [0.29, 0.717) is 5.02 Å². The summed E-state index contributed by atoms with van der Waals surface area (Å²) in [5.41, 5.74) is 3.58. The Kier molecular flexibility index (Phi) is 4.82. The molecule has 19 heavy (non-hydrogen) atoms. The maximum atomic E-state index is 5.97. The Bertz CT molecular complexity index is 541. The fourth-order valence-corrected chi connectivity index (χ4v) is 2.45. The number of hydrazine groups is 1. The van der Waals surface area contributed by atoms with Crippen molar-refractivity contribution in [3.05, 3.63) is 35.0 Å². The summed E-state index contributed by atoms with van der Waals surface area (Å²) in [5.74, 6) is 6.41. The summed E-state index contributed by atoms with van der Waals surface area (Å²) in [4.78, 5) is 0. The fraction of sp³-hybridized carbons (Fsp3) is 0.429. The second-order valence-electron chi connectivity index (χ2n) is 4.54. The minimum Gasteiger partial charge on any atom is -0.459 e. The molecular weight excluding hydrogens is 264 g/mol. The first-order chi connectivity index (χ1) is 9.19. The number of ether oxygens (including phenoxy) is 1. The number of benzene rings is 1. The lowest BCUT2D eigenvalue weighted by molar-refractivity contribution is 0.0542. The highest BCUT2D eigenvalue weighted by Crippen LogP contribution is 2.29. The molecule has 5 heteroatoms. The molecule has 2 atom stereocenters. The number of hydrogen-bond acceptors (Lipinski definition) is 4. The van der Waals surface area contributed by atoms with Gasteiger partial charge in [0.15, 0.2) is 0 Å². The van der Waals surface area contributed by atoms with E-state index in [2.05, 4.69) is 12.3 Å². The number of nitrogens with one attached hydrogen (secondary N) is 1. The van der Waals surface area contributed by atoms with Crippen molar-refractivity contribution in [2.75, 3.05) is 7.11 Å². The van der Waals surface area contributed by atoms with Gasteiger partial charge in [0.05, 0.1) is 6.10 Å². The molecule has 2 unspecified atom stereocenters. The highest BCUT2D eigenvalue weighted by atomic mass is 35.5. The molecule has 1 heterocycles. The standard InChI is InChI=1S/C14H19ClN2O2/c1-3-4-12(18-2)14(17-16)13-8-9-7-10(15)5-6-11(9)19-13/h5-8,12,14,17H,3-4,16H2,1-2H3. The molecule has 0 aliphatic heterocycles. The Labute approximate surface area is 117 Å². The van der Waals surface area contributed by atoms with Crippen LogP contribution in [0.1, 0.15) is 31.6 Å². The lowest BCUT2D eigenvalue weighted by atomic mass is 10.0. The van der Waals surface area contributed by atoms with Crippen molar-refractivity contribution >= 4 is 22.6 Å². The third-order valence-electron chi connectivity index (χ3n) is 3.23. The van der Waals surface area contributed by atoms with Crippen molar-refractivity contribution in [1.29, 1.82) is 0 Å². The average molecular weight is 283 g/mol. The summed E-state index contributed by atoms with van der Waals surface area (Å²) in [5, 5.41) is 1.66. The van der Waals surface area contributed by atoms with Gasteiger partial charge >= 0.3 is 0 Å². The highest BCUT2D eigenvalue weighted by molar-refractivity contribution is 6.31. The molecule has 0 saturated carbocycles. The Balaban J connectivity index is 2.34. The largest absolute Gasteiger partial charge is 0.459 e. The van der Waals surface area contributed by atoms with Crippen LogP contribution >= 0.6 is 11.6 Å². The SMILES string of the molecule is CCCC(OC)C(NN)c1cc2cc(Cl)ccc2o1. The fourth-order valence-electron chi connectivity index (χ4n) is 2.27. The molecular formula is C14H19ClN2O2. The van der Waals surface area contributed by atoms with Crippen molar-refractivity contribution in [2.45, 2.75) is 31.9 Å². The molecule has 2 rings (SSSR count). The molecule has 1 aromatic carbocycles. The van der Waals surface area contributed by atoms with Gasteiger partial charge in [0, 0.05) is 17.5 Å². The van der Waals surface area contributed by atoms with E-state index in [1.165, 1.54) is 0 Å². The highest BCUT2D eigenvalue weighted by Gasteiger charge is 2.24. The van der Waals surface area contributed by atoms with E-state index < -0.39 is 0 Å². The Morgan fingerprint density at radius 1 is 1.42 bits per heavy atom. The van der Waals surface area contributed by atoms with Crippen molar-refractivity contribution < 1.29 is 9.15 Å². The van der Waals surface area contributed by atoms with Gasteiger partial charge in [-0.2, -0.15) is 0 Å². The molecule has 0 aliphatic carbocycles. The van der Waals surface area contributed by atoms with Gasteiger partial charge in [-0.25, -0.2) is 5.43 Å². The van der Waals surface area contributed by atoms with E-state index >= 15 is 0 Å². The summed E-state index contributed by atoms with van der Waals surface area (Å²) in [6.07, 6.45) is 1.90. The second-order valence-corrected chi connectivity index (χ2v) is 4.97. The summed E-state index contributed by atoms with van der Waals surface area (Å²) >= 11 is 5.97. The van der Waals surface area contributed by atoms with Crippen LogP contribution in [0.2, 0.25) is 5.02 Å². The predicted molar refractivity (Wildman–Crippen MR) is 77.0 cm³/mol. The number of rotatable bonds is 6. The van der Waals surface area contributed by atoms with Crippen LogP contribution in [0, 0.1) is 0 Å². The zero-order chi connectivity index (χ0) is 13.8. The lowest BCUT2D eigenvalue weighted by Gasteiger charge is -2.23. The molecule has 0 aliphatic rings. The number of methoxy groups -OCH3 is 1. The Hall–Kier alpha value is -1.07. The molecule has 4 nitrogen and oxygen atoms in total. The van der Waals surface area contributed by atoms with Crippen molar-refractivity contribution in [2.24, 2.45) is 5.84 Å². The molecule has 0 saturated heterocycles. The number of fused-ring (bicyclic) bond motifs is 1. The molecule has 3 N–H and O–H groups in total. The van der Waals surface area contributed by atoms with Crippen molar-refractivity contribution in [3.63, 3.8) is 0 Å². The van der Waals surface area contributed by atoms with Crippen LogP contribution in [0.4, 0.5) is 0 Å². The smallest absolute Gasteiger partial charge is 0.134 e. The third kappa shape index (κ3) is 3.09. The second kappa shape index (κ2) is 6.39. The van der Waals surface area contributed by atoms with Crippen molar-refractivity contribution in [3.8, 4) is 0 Å². The maximum Gasteiger partial charge on any atom is 0.134 e. The topological polar surface area (TPSA) is 60.4 Å². The molecule has 0 radical (unpaired) electrons. The third-order valence-corrected chi connectivity index (χ3v) is 3.47. The van der Waals surface area contributed by atoms with Gasteiger partial charge in [-0.15, -0.1) is 0 Å².